The second kappa shape index (κ2) is 5.28. The molecule has 1 aliphatic heterocycles. The summed E-state index contributed by atoms with van der Waals surface area (Å²) in [4.78, 5) is 2.28. The molecule has 18 heavy (non-hydrogen) atoms. The minimum Gasteiger partial charge on any atom is -0.370 e. The van der Waals surface area contributed by atoms with Crippen LogP contribution in [0, 0.1) is 13.8 Å². The molecular weight excluding hydrogens is 248 g/mol. The van der Waals surface area contributed by atoms with Crippen LogP contribution in [-0.4, -0.2) is 33.8 Å². The van der Waals surface area contributed by atoms with Crippen molar-refractivity contribution in [2.75, 3.05) is 30.3 Å². The van der Waals surface area contributed by atoms with Crippen LogP contribution >= 0.6 is 0 Å². The molecule has 5 heteroatoms. The molecule has 0 unspecified atom stereocenters. The highest BCUT2D eigenvalue weighted by Gasteiger charge is 2.18. The van der Waals surface area contributed by atoms with Crippen molar-refractivity contribution in [3.8, 4) is 0 Å². The van der Waals surface area contributed by atoms with Crippen molar-refractivity contribution < 1.29 is 8.42 Å². The first-order valence-corrected chi connectivity index (χ1v) is 7.93. The Hall–Kier alpha value is -1.07. The lowest BCUT2D eigenvalue weighted by molar-refractivity contribution is 0.570. The number of hydrogen-bond acceptors (Lipinski definition) is 3. The van der Waals surface area contributed by atoms with Gasteiger partial charge in [-0.05, 0) is 31.4 Å². The number of aryl methyl sites for hydroxylation is 2. The van der Waals surface area contributed by atoms with Gasteiger partial charge in [-0.1, -0.05) is 18.2 Å². The van der Waals surface area contributed by atoms with Crippen LogP contribution in [0.5, 0.6) is 0 Å². The van der Waals surface area contributed by atoms with Crippen LogP contribution in [0.25, 0.3) is 0 Å². The van der Waals surface area contributed by atoms with E-state index in [4.69, 9.17) is 0 Å². The second-order valence-corrected chi connectivity index (χ2v) is 6.72. The average Bonchev–Trinajstić information content (AvgIpc) is 2.25. The summed E-state index contributed by atoms with van der Waals surface area (Å²) in [5.41, 5.74) is 3.75. The molecule has 1 saturated heterocycles. The summed E-state index contributed by atoms with van der Waals surface area (Å²) in [6.45, 7) is 6.21. The summed E-state index contributed by atoms with van der Waals surface area (Å²) < 4.78 is 25.6. The van der Waals surface area contributed by atoms with E-state index >= 15 is 0 Å². The van der Waals surface area contributed by atoms with E-state index in [1.54, 1.807) is 0 Å². The topological polar surface area (TPSA) is 49.4 Å². The van der Waals surface area contributed by atoms with Gasteiger partial charge in [0.1, 0.15) is 0 Å². The quantitative estimate of drug-likeness (QED) is 0.838. The summed E-state index contributed by atoms with van der Waals surface area (Å²) >= 11 is 0. The summed E-state index contributed by atoms with van der Waals surface area (Å²) in [5, 5.41) is 0. The highest BCUT2D eigenvalue weighted by molar-refractivity contribution is 7.89. The van der Waals surface area contributed by atoms with Crippen molar-refractivity contribution >= 4 is 15.7 Å². The van der Waals surface area contributed by atoms with Gasteiger partial charge in [0, 0.05) is 25.3 Å². The van der Waals surface area contributed by atoms with Gasteiger partial charge in [0.25, 0.3) is 0 Å². The van der Waals surface area contributed by atoms with Crippen LogP contribution in [0.1, 0.15) is 17.5 Å². The van der Waals surface area contributed by atoms with E-state index < -0.39 is 10.0 Å². The second-order valence-electron chi connectivity index (χ2n) is 4.79. The summed E-state index contributed by atoms with van der Waals surface area (Å²) in [6.07, 6.45) is 0.670. The molecule has 1 aliphatic rings. The Bertz CT molecular complexity index is 490. The molecule has 0 aromatic heterocycles. The first-order chi connectivity index (χ1) is 8.49. The maximum absolute atomic E-state index is 11.5. The molecule has 0 bridgehead atoms. The van der Waals surface area contributed by atoms with Crippen molar-refractivity contribution in [2.24, 2.45) is 0 Å². The number of benzene rings is 1. The smallest absolute Gasteiger partial charge is 0.211 e. The molecule has 100 valence electrons. The Morgan fingerprint density at radius 3 is 2.50 bits per heavy atom. The average molecular weight is 268 g/mol. The number of para-hydroxylation sites is 1. The lowest BCUT2D eigenvalue weighted by atomic mass is 10.1. The lowest BCUT2D eigenvalue weighted by Crippen LogP contribution is -2.40. The third-order valence-electron chi connectivity index (χ3n) is 3.30. The summed E-state index contributed by atoms with van der Waals surface area (Å²) in [6, 6.07) is 6.26. The molecule has 0 amide bonds. The van der Waals surface area contributed by atoms with Gasteiger partial charge in [-0.3, -0.25) is 0 Å². The first-order valence-electron chi connectivity index (χ1n) is 6.28. The van der Waals surface area contributed by atoms with Crippen molar-refractivity contribution in [1.29, 1.82) is 0 Å². The maximum atomic E-state index is 11.5. The Balaban J connectivity index is 2.19. The fourth-order valence-corrected chi connectivity index (χ4v) is 3.55. The highest BCUT2D eigenvalue weighted by Crippen LogP contribution is 2.24. The van der Waals surface area contributed by atoms with Gasteiger partial charge < -0.3 is 4.90 Å². The van der Waals surface area contributed by atoms with Crippen LogP contribution in [0.4, 0.5) is 5.69 Å². The number of anilines is 1. The van der Waals surface area contributed by atoms with Gasteiger partial charge in [0.15, 0.2) is 0 Å². The molecule has 1 fully saturated rings. The van der Waals surface area contributed by atoms with Crippen molar-refractivity contribution in [1.82, 2.24) is 4.72 Å². The minimum absolute atomic E-state index is 0.217. The summed E-state index contributed by atoms with van der Waals surface area (Å²) in [7, 11) is -3.05. The third kappa shape index (κ3) is 3.03. The predicted octanol–water partition coefficient (Wildman–Crippen LogP) is 1.43. The monoisotopic (exact) mass is 268 g/mol. The van der Waals surface area contributed by atoms with Crippen LogP contribution in [0.2, 0.25) is 0 Å². The van der Waals surface area contributed by atoms with Gasteiger partial charge in [-0.2, -0.15) is 0 Å². The molecule has 1 aromatic carbocycles. The zero-order valence-corrected chi connectivity index (χ0v) is 11.8. The van der Waals surface area contributed by atoms with Gasteiger partial charge >= 0.3 is 0 Å². The standard InChI is InChI=1S/C13H20N2O2S/c1-11-5-3-6-12(2)13(11)15-8-4-10-18(16,17)14-7-9-15/h3,5-6,14H,4,7-10H2,1-2H3. The Morgan fingerprint density at radius 1 is 1.17 bits per heavy atom. The largest absolute Gasteiger partial charge is 0.370 e. The van der Waals surface area contributed by atoms with Crippen LogP contribution in [-0.2, 0) is 10.0 Å². The molecule has 0 saturated carbocycles. The number of rotatable bonds is 1. The van der Waals surface area contributed by atoms with Crippen molar-refractivity contribution in [3.63, 3.8) is 0 Å². The summed E-state index contributed by atoms with van der Waals surface area (Å²) in [5.74, 6) is 0.217. The zero-order valence-electron chi connectivity index (χ0n) is 10.9. The van der Waals surface area contributed by atoms with Crippen molar-refractivity contribution in [2.45, 2.75) is 20.3 Å². The minimum atomic E-state index is -3.05. The molecule has 0 atom stereocenters. The van der Waals surface area contributed by atoms with Gasteiger partial charge in [0.05, 0.1) is 5.75 Å². The Labute approximate surface area is 109 Å². The van der Waals surface area contributed by atoms with Gasteiger partial charge in [0.2, 0.25) is 10.0 Å². The fourth-order valence-electron chi connectivity index (χ4n) is 2.49. The Kier molecular flexibility index (Phi) is 3.92. The van der Waals surface area contributed by atoms with E-state index in [0.717, 1.165) is 13.1 Å². The Morgan fingerprint density at radius 2 is 1.83 bits per heavy atom. The third-order valence-corrected chi connectivity index (χ3v) is 4.77. The molecule has 4 nitrogen and oxygen atoms in total. The van der Waals surface area contributed by atoms with Crippen LogP contribution < -0.4 is 9.62 Å². The molecule has 0 spiro atoms. The number of sulfonamides is 1. The molecule has 1 aromatic rings. The predicted molar refractivity (Wildman–Crippen MR) is 74.5 cm³/mol. The molecule has 1 N–H and O–H groups in total. The lowest BCUT2D eigenvalue weighted by Gasteiger charge is -2.30. The van der Waals surface area contributed by atoms with Crippen LogP contribution in [0.15, 0.2) is 18.2 Å². The van der Waals surface area contributed by atoms with E-state index in [-0.39, 0.29) is 5.75 Å². The number of hydrogen-bond donors (Lipinski definition) is 1. The number of nitrogens with zero attached hydrogens (tertiary/aromatic N) is 1. The molecule has 2 rings (SSSR count). The molecular formula is C13H20N2O2S. The highest BCUT2D eigenvalue weighted by atomic mass is 32.2. The van der Waals surface area contributed by atoms with Crippen molar-refractivity contribution in [3.05, 3.63) is 29.3 Å². The normalized spacial score (nSPS) is 20.2. The molecule has 1 heterocycles. The van der Waals surface area contributed by atoms with Gasteiger partial charge in [-0.25, -0.2) is 13.1 Å². The zero-order chi connectivity index (χ0) is 13.2. The van der Waals surface area contributed by atoms with Crippen LogP contribution in [0.3, 0.4) is 0 Å². The molecule has 0 aliphatic carbocycles. The SMILES string of the molecule is Cc1cccc(C)c1N1CCCS(=O)(=O)NCC1. The van der Waals surface area contributed by atoms with E-state index in [1.165, 1.54) is 16.8 Å². The van der Waals surface area contributed by atoms with Gasteiger partial charge in [-0.15, -0.1) is 0 Å². The first kappa shape index (κ1) is 13.4. The van der Waals surface area contributed by atoms with E-state index in [9.17, 15) is 8.42 Å². The fraction of sp³-hybridized carbons (Fsp3) is 0.538. The van der Waals surface area contributed by atoms with E-state index in [2.05, 4.69) is 41.7 Å². The molecule has 0 radical (unpaired) electrons. The van der Waals surface area contributed by atoms with E-state index in [0.29, 0.717) is 13.0 Å². The maximum Gasteiger partial charge on any atom is 0.211 e. The number of nitrogens with one attached hydrogen (secondary N) is 1. The van der Waals surface area contributed by atoms with E-state index in [1.807, 2.05) is 0 Å².